The Bertz CT molecular complexity index is 238. The van der Waals surface area contributed by atoms with Gasteiger partial charge in [-0.2, -0.15) is 16.8 Å². The minimum atomic E-state index is -0.213. The number of hydroxylamine groups is 2. The van der Waals surface area contributed by atoms with Crippen LogP contribution < -0.4 is 0 Å². The highest BCUT2D eigenvalue weighted by Crippen LogP contribution is 2.37. The molecule has 1 unspecified atom stereocenters. The summed E-state index contributed by atoms with van der Waals surface area (Å²) < 4.78 is 6.00. The number of hydrogen-bond acceptors (Lipinski definition) is 4. The third-order valence-corrected chi connectivity index (χ3v) is 4.51. The SMILES string of the molecule is CSC(C)COC1CC(C)(C)N(O)C(C)(C)C1. The minimum absolute atomic E-state index is 0.213. The zero-order chi connectivity index (χ0) is 13.3. The molecule has 0 amide bonds. The van der Waals surface area contributed by atoms with Crippen molar-refractivity contribution >= 4 is 11.8 Å². The fourth-order valence-electron chi connectivity index (χ4n) is 2.64. The average molecular weight is 261 g/mol. The van der Waals surface area contributed by atoms with Crippen molar-refractivity contribution in [2.75, 3.05) is 12.9 Å². The Labute approximate surface area is 110 Å². The number of hydrogen-bond donors (Lipinski definition) is 1. The largest absolute Gasteiger partial charge is 0.377 e. The van der Waals surface area contributed by atoms with Crippen LogP contribution in [0, 0.1) is 0 Å². The molecule has 0 aromatic rings. The maximum Gasteiger partial charge on any atom is 0.0612 e. The lowest BCUT2D eigenvalue weighted by Gasteiger charge is -2.51. The highest BCUT2D eigenvalue weighted by molar-refractivity contribution is 7.99. The second-order valence-electron chi connectivity index (χ2n) is 6.35. The first-order valence-corrected chi connectivity index (χ1v) is 7.61. The molecule has 102 valence electrons. The van der Waals surface area contributed by atoms with E-state index in [-0.39, 0.29) is 17.2 Å². The summed E-state index contributed by atoms with van der Waals surface area (Å²) in [6.45, 7) is 11.3. The number of piperidine rings is 1. The minimum Gasteiger partial charge on any atom is -0.377 e. The maximum absolute atomic E-state index is 10.2. The summed E-state index contributed by atoms with van der Waals surface area (Å²) in [6, 6.07) is 0. The van der Waals surface area contributed by atoms with Crippen molar-refractivity contribution < 1.29 is 9.94 Å². The lowest BCUT2D eigenvalue weighted by molar-refractivity contribution is -0.261. The van der Waals surface area contributed by atoms with E-state index in [2.05, 4.69) is 40.9 Å². The van der Waals surface area contributed by atoms with Gasteiger partial charge in [0.1, 0.15) is 0 Å². The number of nitrogens with zero attached hydrogens (tertiary/aromatic N) is 1. The van der Waals surface area contributed by atoms with E-state index in [0.717, 1.165) is 19.4 Å². The first-order chi connectivity index (χ1) is 7.69. The van der Waals surface area contributed by atoms with Crippen LogP contribution >= 0.6 is 11.8 Å². The molecule has 0 radical (unpaired) electrons. The summed E-state index contributed by atoms with van der Waals surface area (Å²) in [5.41, 5.74) is -0.427. The van der Waals surface area contributed by atoms with Gasteiger partial charge in [0.2, 0.25) is 0 Å². The van der Waals surface area contributed by atoms with Gasteiger partial charge in [-0.05, 0) is 46.8 Å². The molecule has 1 heterocycles. The molecule has 1 N–H and O–H groups in total. The van der Waals surface area contributed by atoms with Crippen molar-refractivity contribution in [3.8, 4) is 0 Å². The van der Waals surface area contributed by atoms with Gasteiger partial charge in [0.15, 0.2) is 0 Å². The van der Waals surface area contributed by atoms with Crippen LogP contribution in [-0.4, -0.2) is 45.6 Å². The lowest BCUT2D eigenvalue weighted by atomic mass is 9.80. The van der Waals surface area contributed by atoms with Crippen molar-refractivity contribution in [3.05, 3.63) is 0 Å². The van der Waals surface area contributed by atoms with Crippen LogP contribution in [0.25, 0.3) is 0 Å². The van der Waals surface area contributed by atoms with Crippen molar-refractivity contribution in [2.24, 2.45) is 0 Å². The Morgan fingerprint density at radius 2 is 1.76 bits per heavy atom. The highest BCUT2D eigenvalue weighted by atomic mass is 32.2. The van der Waals surface area contributed by atoms with Gasteiger partial charge in [0.25, 0.3) is 0 Å². The van der Waals surface area contributed by atoms with Gasteiger partial charge in [-0.3, -0.25) is 0 Å². The quantitative estimate of drug-likeness (QED) is 0.842. The van der Waals surface area contributed by atoms with Crippen molar-refractivity contribution in [1.29, 1.82) is 0 Å². The molecule has 0 aromatic carbocycles. The van der Waals surface area contributed by atoms with Crippen LogP contribution in [0.2, 0.25) is 0 Å². The number of rotatable bonds is 4. The number of thioether (sulfide) groups is 1. The molecule has 1 fully saturated rings. The standard InChI is InChI=1S/C13H27NO2S/c1-10(17-6)9-16-11-7-12(2,3)14(15)13(4,5)8-11/h10-11,15H,7-9H2,1-6H3. The topological polar surface area (TPSA) is 32.7 Å². The second-order valence-corrected chi connectivity index (χ2v) is 7.62. The lowest BCUT2D eigenvalue weighted by Crippen LogP contribution is -2.60. The Morgan fingerprint density at radius 1 is 1.29 bits per heavy atom. The number of ether oxygens (including phenoxy) is 1. The molecule has 1 rings (SSSR count). The van der Waals surface area contributed by atoms with Crippen LogP contribution in [-0.2, 0) is 4.74 Å². The van der Waals surface area contributed by atoms with E-state index in [0.29, 0.717) is 5.25 Å². The van der Waals surface area contributed by atoms with Gasteiger partial charge in [0, 0.05) is 16.3 Å². The molecule has 1 aliphatic heterocycles. The second kappa shape index (κ2) is 5.47. The van der Waals surface area contributed by atoms with E-state index in [1.807, 2.05) is 11.8 Å². The van der Waals surface area contributed by atoms with Gasteiger partial charge in [-0.15, -0.1) is 0 Å². The molecular weight excluding hydrogens is 234 g/mol. The summed E-state index contributed by atoms with van der Waals surface area (Å²) in [4.78, 5) is 0. The van der Waals surface area contributed by atoms with Gasteiger partial charge in [-0.1, -0.05) is 6.92 Å². The normalized spacial score (nSPS) is 27.0. The molecule has 17 heavy (non-hydrogen) atoms. The van der Waals surface area contributed by atoms with Crippen LogP contribution in [0.4, 0.5) is 0 Å². The van der Waals surface area contributed by atoms with Crippen LogP contribution in [0.15, 0.2) is 0 Å². The third kappa shape index (κ3) is 3.85. The summed E-state index contributed by atoms with van der Waals surface area (Å²) in [7, 11) is 0. The van der Waals surface area contributed by atoms with E-state index in [4.69, 9.17) is 4.74 Å². The van der Waals surface area contributed by atoms with Crippen molar-refractivity contribution in [3.63, 3.8) is 0 Å². The Balaban J connectivity index is 2.59. The molecule has 1 saturated heterocycles. The smallest absolute Gasteiger partial charge is 0.0612 e. The first kappa shape index (κ1) is 15.3. The third-order valence-electron chi connectivity index (χ3n) is 3.57. The van der Waals surface area contributed by atoms with E-state index < -0.39 is 0 Å². The Morgan fingerprint density at radius 3 is 2.18 bits per heavy atom. The molecule has 0 spiro atoms. The predicted molar refractivity (Wildman–Crippen MR) is 73.7 cm³/mol. The van der Waals surface area contributed by atoms with Crippen molar-refractivity contribution in [2.45, 2.75) is 69.9 Å². The summed E-state index contributed by atoms with van der Waals surface area (Å²) in [6.07, 6.45) is 4.12. The summed E-state index contributed by atoms with van der Waals surface area (Å²) >= 11 is 1.83. The summed E-state index contributed by atoms with van der Waals surface area (Å²) in [5.74, 6) is 0. The van der Waals surface area contributed by atoms with Crippen LogP contribution in [0.3, 0.4) is 0 Å². The van der Waals surface area contributed by atoms with E-state index in [1.165, 1.54) is 5.06 Å². The van der Waals surface area contributed by atoms with Crippen molar-refractivity contribution in [1.82, 2.24) is 5.06 Å². The van der Waals surface area contributed by atoms with Crippen LogP contribution in [0.1, 0.15) is 47.5 Å². The van der Waals surface area contributed by atoms with Gasteiger partial charge in [0.05, 0.1) is 12.7 Å². The first-order valence-electron chi connectivity index (χ1n) is 6.32. The molecule has 0 aromatic heterocycles. The molecule has 0 saturated carbocycles. The fraction of sp³-hybridized carbons (Fsp3) is 1.00. The Kier molecular flexibility index (Phi) is 4.92. The van der Waals surface area contributed by atoms with E-state index in [1.54, 1.807) is 0 Å². The van der Waals surface area contributed by atoms with Gasteiger partial charge in [-0.25, -0.2) is 0 Å². The molecule has 4 heteroatoms. The maximum atomic E-state index is 10.2. The fourth-order valence-corrected chi connectivity index (χ4v) is 2.85. The predicted octanol–water partition coefficient (Wildman–Crippen LogP) is 3.17. The zero-order valence-corrected chi connectivity index (χ0v) is 12.8. The zero-order valence-electron chi connectivity index (χ0n) is 12.0. The van der Waals surface area contributed by atoms with Crippen LogP contribution in [0.5, 0.6) is 0 Å². The summed E-state index contributed by atoms with van der Waals surface area (Å²) in [5, 5.41) is 12.2. The van der Waals surface area contributed by atoms with E-state index in [9.17, 15) is 5.21 Å². The molecule has 1 aliphatic rings. The molecular formula is C13H27NO2S. The van der Waals surface area contributed by atoms with Gasteiger partial charge >= 0.3 is 0 Å². The Hall–Kier alpha value is 0.230. The average Bonchev–Trinajstić information content (AvgIpc) is 2.21. The molecule has 3 nitrogen and oxygen atoms in total. The molecule has 1 atom stereocenters. The monoisotopic (exact) mass is 261 g/mol. The molecule has 0 bridgehead atoms. The van der Waals surface area contributed by atoms with Gasteiger partial charge < -0.3 is 9.94 Å². The molecule has 0 aliphatic carbocycles. The highest BCUT2D eigenvalue weighted by Gasteiger charge is 2.45. The van der Waals surface area contributed by atoms with E-state index >= 15 is 0 Å².